The van der Waals surface area contributed by atoms with Gasteiger partial charge in [0.25, 0.3) is 0 Å². The maximum absolute atomic E-state index is 13.7. The van der Waals surface area contributed by atoms with Crippen molar-refractivity contribution in [3.63, 3.8) is 0 Å². The molecule has 1 N–H and O–H groups in total. The van der Waals surface area contributed by atoms with Crippen molar-refractivity contribution in [2.75, 3.05) is 5.32 Å². The monoisotopic (exact) mass is 390 g/mol. The van der Waals surface area contributed by atoms with Crippen molar-refractivity contribution in [2.24, 2.45) is 0 Å². The molecule has 0 fully saturated rings. The van der Waals surface area contributed by atoms with Gasteiger partial charge in [0.05, 0.1) is 17.2 Å². The zero-order valence-corrected chi connectivity index (χ0v) is 15.2. The van der Waals surface area contributed by atoms with Crippen LogP contribution in [0.1, 0.15) is 6.92 Å². The maximum Gasteiger partial charge on any atom is 0.237 e. The molecule has 0 radical (unpaired) electrons. The van der Waals surface area contributed by atoms with Gasteiger partial charge in [0.1, 0.15) is 11.6 Å². The first kappa shape index (κ1) is 18.8. The van der Waals surface area contributed by atoms with E-state index in [1.54, 1.807) is 29.7 Å². The minimum Gasteiger partial charge on any atom is -0.461 e. The van der Waals surface area contributed by atoms with Crippen LogP contribution < -0.4 is 5.32 Å². The molecule has 0 saturated heterocycles. The molecular weight excluding hydrogens is 374 g/mol. The number of allylic oxidation sites excluding steroid dienone is 1. The Labute approximate surface area is 158 Å². The summed E-state index contributed by atoms with van der Waals surface area (Å²) in [6, 6.07) is 6.46. The third-order valence-electron chi connectivity index (χ3n) is 3.61. The van der Waals surface area contributed by atoms with Gasteiger partial charge in [-0.2, -0.15) is 0 Å². The third kappa shape index (κ3) is 4.25. The molecule has 0 saturated carbocycles. The Morgan fingerprint density at radius 3 is 2.89 bits per heavy atom. The van der Waals surface area contributed by atoms with Gasteiger partial charge < -0.3 is 9.73 Å². The number of thioether (sulfide) groups is 1. The van der Waals surface area contributed by atoms with Crippen LogP contribution in [0.5, 0.6) is 0 Å². The lowest BCUT2D eigenvalue weighted by molar-refractivity contribution is -0.115. The van der Waals surface area contributed by atoms with Crippen molar-refractivity contribution < 1.29 is 18.0 Å². The van der Waals surface area contributed by atoms with E-state index in [0.717, 1.165) is 17.8 Å². The first-order valence-electron chi connectivity index (χ1n) is 8.00. The van der Waals surface area contributed by atoms with Crippen LogP contribution in [-0.4, -0.2) is 25.9 Å². The van der Waals surface area contributed by atoms with Gasteiger partial charge in [0.2, 0.25) is 11.7 Å². The minimum absolute atomic E-state index is 0.0855. The fourth-order valence-electron chi connectivity index (χ4n) is 2.29. The molecule has 1 atom stereocenters. The summed E-state index contributed by atoms with van der Waals surface area (Å²) in [5.41, 5.74) is -0.0855. The molecule has 0 spiro atoms. The molecule has 1 aromatic carbocycles. The summed E-state index contributed by atoms with van der Waals surface area (Å²) in [5, 5.41) is 10.6. The number of aromatic nitrogens is 3. The van der Waals surface area contributed by atoms with Gasteiger partial charge in [0, 0.05) is 12.6 Å². The lowest BCUT2D eigenvalue weighted by Crippen LogP contribution is -2.23. The van der Waals surface area contributed by atoms with E-state index in [1.807, 2.05) is 0 Å². The fourth-order valence-corrected chi connectivity index (χ4v) is 3.15. The summed E-state index contributed by atoms with van der Waals surface area (Å²) in [4.78, 5) is 12.4. The summed E-state index contributed by atoms with van der Waals surface area (Å²) in [5.74, 6) is -0.939. The summed E-state index contributed by atoms with van der Waals surface area (Å²) < 4.78 is 33.8. The molecule has 2 aromatic heterocycles. The molecule has 140 valence electrons. The molecule has 0 aliphatic heterocycles. The van der Waals surface area contributed by atoms with Crippen molar-refractivity contribution in [1.82, 2.24) is 14.8 Å². The lowest BCUT2D eigenvalue weighted by atomic mass is 10.3. The van der Waals surface area contributed by atoms with Crippen molar-refractivity contribution in [3.8, 4) is 11.6 Å². The third-order valence-corrected chi connectivity index (χ3v) is 4.69. The zero-order chi connectivity index (χ0) is 19.4. The highest BCUT2D eigenvalue weighted by atomic mass is 32.2. The first-order valence-corrected chi connectivity index (χ1v) is 8.88. The van der Waals surface area contributed by atoms with Gasteiger partial charge >= 0.3 is 0 Å². The summed E-state index contributed by atoms with van der Waals surface area (Å²) in [7, 11) is 0. The number of carbonyl (C=O) groups excluding carboxylic acids is 1. The van der Waals surface area contributed by atoms with E-state index in [9.17, 15) is 13.6 Å². The largest absolute Gasteiger partial charge is 0.461 e. The normalized spacial score (nSPS) is 12.0. The van der Waals surface area contributed by atoms with E-state index in [-0.39, 0.29) is 5.69 Å². The molecule has 0 bridgehead atoms. The van der Waals surface area contributed by atoms with E-state index in [4.69, 9.17) is 4.42 Å². The summed E-state index contributed by atoms with van der Waals surface area (Å²) >= 11 is 1.16. The van der Waals surface area contributed by atoms with E-state index in [1.165, 1.54) is 12.3 Å². The number of halogens is 2. The van der Waals surface area contributed by atoms with E-state index >= 15 is 0 Å². The molecule has 0 aliphatic rings. The highest BCUT2D eigenvalue weighted by Gasteiger charge is 2.22. The van der Waals surface area contributed by atoms with Gasteiger partial charge in [-0.1, -0.05) is 17.8 Å². The van der Waals surface area contributed by atoms with Crippen molar-refractivity contribution >= 4 is 23.4 Å². The van der Waals surface area contributed by atoms with Crippen LogP contribution in [0.15, 0.2) is 58.8 Å². The molecule has 2 heterocycles. The number of nitrogens with one attached hydrogen (secondary N) is 1. The second kappa shape index (κ2) is 8.17. The van der Waals surface area contributed by atoms with Crippen LogP contribution in [0.25, 0.3) is 11.6 Å². The SMILES string of the molecule is C=CCn1c(SC(C)C(=O)Nc2ccc(F)cc2F)nnc1-c1ccco1. The van der Waals surface area contributed by atoms with Gasteiger partial charge in [-0.25, -0.2) is 8.78 Å². The first-order chi connectivity index (χ1) is 13.0. The second-order valence-corrected chi connectivity index (χ2v) is 6.86. The van der Waals surface area contributed by atoms with Crippen LogP contribution >= 0.6 is 11.8 Å². The number of nitrogens with zero attached hydrogens (tertiary/aromatic N) is 3. The number of hydrogen-bond acceptors (Lipinski definition) is 5. The summed E-state index contributed by atoms with van der Waals surface area (Å²) in [6.45, 7) is 5.79. The molecule has 3 rings (SSSR count). The smallest absolute Gasteiger partial charge is 0.237 e. The Hall–Kier alpha value is -2.94. The predicted molar refractivity (Wildman–Crippen MR) is 98.2 cm³/mol. The highest BCUT2D eigenvalue weighted by molar-refractivity contribution is 8.00. The zero-order valence-electron chi connectivity index (χ0n) is 14.4. The van der Waals surface area contributed by atoms with Crippen molar-refractivity contribution in [2.45, 2.75) is 23.9 Å². The molecule has 6 nitrogen and oxygen atoms in total. The fraction of sp³-hybridized carbons (Fsp3) is 0.167. The molecular formula is C18H16F2N4O2S. The van der Waals surface area contributed by atoms with Crippen LogP contribution in [0, 0.1) is 11.6 Å². The highest BCUT2D eigenvalue weighted by Crippen LogP contribution is 2.28. The van der Waals surface area contributed by atoms with Crippen LogP contribution in [-0.2, 0) is 11.3 Å². The Kier molecular flexibility index (Phi) is 5.70. The van der Waals surface area contributed by atoms with E-state index in [0.29, 0.717) is 29.4 Å². The molecule has 0 aliphatic carbocycles. The Morgan fingerprint density at radius 1 is 1.41 bits per heavy atom. The van der Waals surface area contributed by atoms with Crippen LogP contribution in [0.2, 0.25) is 0 Å². The maximum atomic E-state index is 13.7. The predicted octanol–water partition coefficient (Wildman–Crippen LogP) is 4.12. The number of furan rings is 1. The number of benzene rings is 1. The second-order valence-electron chi connectivity index (χ2n) is 5.56. The minimum atomic E-state index is -0.838. The standard InChI is InChI=1S/C18H16F2N4O2S/c1-3-8-24-16(15-5-4-9-26-15)22-23-18(24)27-11(2)17(25)21-14-7-6-12(19)10-13(14)20/h3-7,9-11H,1,8H2,2H3,(H,21,25). The average molecular weight is 390 g/mol. The average Bonchev–Trinajstić information content (AvgIpc) is 3.28. The van der Waals surface area contributed by atoms with E-state index < -0.39 is 22.8 Å². The van der Waals surface area contributed by atoms with Gasteiger partial charge in [-0.05, 0) is 31.2 Å². The van der Waals surface area contributed by atoms with Gasteiger partial charge in [-0.15, -0.1) is 16.8 Å². The number of anilines is 1. The summed E-state index contributed by atoms with van der Waals surface area (Å²) in [6.07, 6.45) is 3.21. The molecule has 1 amide bonds. The quantitative estimate of drug-likeness (QED) is 0.485. The molecule has 9 heteroatoms. The van der Waals surface area contributed by atoms with Crippen LogP contribution in [0.4, 0.5) is 14.5 Å². The Morgan fingerprint density at radius 2 is 2.22 bits per heavy atom. The molecule has 3 aromatic rings. The Bertz CT molecular complexity index is 956. The number of hydrogen-bond donors (Lipinski definition) is 1. The molecule has 1 unspecified atom stereocenters. The van der Waals surface area contributed by atoms with Gasteiger partial charge in [-0.3, -0.25) is 9.36 Å². The van der Waals surface area contributed by atoms with Crippen LogP contribution in [0.3, 0.4) is 0 Å². The Balaban J connectivity index is 1.76. The lowest BCUT2D eigenvalue weighted by Gasteiger charge is -2.13. The number of carbonyl (C=O) groups is 1. The number of amides is 1. The van der Waals surface area contributed by atoms with Crippen molar-refractivity contribution in [3.05, 3.63) is 60.9 Å². The van der Waals surface area contributed by atoms with Gasteiger partial charge in [0.15, 0.2) is 10.9 Å². The topological polar surface area (TPSA) is 73.0 Å². The number of rotatable bonds is 7. The van der Waals surface area contributed by atoms with E-state index in [2.05, 4.69) is 22.1 Å². The molecule has 27 heavy (non-hydrogen) atoms. The van der Waals surface area contributed by atoms with Crippen molar-refractivity contribution in [1.29, 1.82) is 0 Å².